The van der Waals surface area contributed by atoms with Crippen LogP contribution in [0.5, 0.6) is 0 Å². The van der Waals surface area contributed by atoms with Gasteiger partial charge in [-0.15, -0.1) is 0 Å². The van der Waals surface area contributed by atoms with Crippen molar-refractivity contribution in [3.63, 3.8) is 0 Å². The van der Waals surface area contributed by atoms with Crippen molar-refractivity contribution in [1.29, 1.82) is 0 Å². The number of carboxylic acid groups (broad SMARTS) is 1. The van der Waals surface area contributed by atoms with Crippen molar-refractivity contribution in [2.45, 2.75) is 13.0 Å². The van der Waals surface area contributed by atoms with Gasteiger partial charge < -0.3 is 14.9 Å². The second-order valence-electron chi connectivity index (χ2n) is 4.78. The van der Waals surface area contributed by atoms with Gasteiger partial charge in [-0.3, -0.25) is 0 Å². The Balaban J connectivity index is 2.26. The second kappa shape index (κ2) is 5.28. The topological polar surface area (TPSA) is 43.8 Å². The van der Waals surface area contributed by atoms with Gasteiger partial charge in [0.1, 0.15) is 0 Å². The SMILES string of the molecule is CC1CN(C)CCN1c1ccc(C(=O)O)cc1Br. The van der Waals surface area contributed by atoms with Crippen LogP contribution in [-0.2, 0) is 0 Å². The average molecular weight is 313 g/mol. The number of hydrogen-bond acceptors (Lipinski definition) is 3. The third-order valence-corrected chi connectivity index (χ3v) is 3.97. The summed E-state index contributed by atoms with van der Waals surface area (Å²) >= 11 is 3.47. The summed E-state index contributed by atoms with van der Waals surface area (Å²) in [4.78, 5) is 15.5. The Morgan fingerprint density at radius 1 is 1.44 bits per heavy atom. The van der Waals surface area contributed by atoms with Crippen LogP contribution in [0.4, 0.5) is 5.69 Å². The van der Waals surface area contributed by atoms with Gasteiger partial charge in [0.25, 0.3) is 0 Å². The van der Waals surface area contributed by atoms with E-state index in [9.17, 15) is 4.79 Å². The Morgan fingerprint density at radius 2 is 2.17 bits per heavy atom. The van der Waals surface area contributed by atoms with E-state index in [1.807, 2.05) is 6.07 Å². The van der Waals surface area contributed by atoms with Crippen molar-refractivity contribution >= 4 is 27.6 Å². The van der Waals surface area contributed by atoms with E-state index >= 15 is 0 Å². The fourth-order valence-corrected chi connectivity index (χ4v) is 2.98. The number of aromatic carboxylic acids is 1. The molecule has 1 aromatic carbocycles. The van der Waals surface area contributed by atoms with Crippen LogP contribution >= 0.6 is 15.9 Å². The van der Waals surface area contributed by atoms with Crippen molar-refractivity contribution in [3.8, 4) is 0 Å². The first-order valence-electron chi connectivity index (χ1n) is 5.97. The molecule has 0 radical (unpaired) electrons. The lowest BCUT2D eigenvalue weighted by Crippen LogP contribution is -2.50. The first-order chi connectivity index (χ1) is 8.49. The third-order valence-electron chi connectivity index (χ3n) is 3.33. The van der Waals surface area contributed by atoms with Gasteiger partial charge in [0, 0.05) is 30.1 Å². The van der Waals surface area contributed by atoms with Crippen LogP contribution in [0, 0.1) is 0 Å². The summed E-state index contributed by atoms with van der Waals surface area (Å²) in [5, 5.41) is 8.96. The quantitative estimate of drug-likeness (QED) is 0.910. The van der Waals surface area contributed by atoms with Crippen LogP contribution in [0.25, 0.3) is 0 Å². The van der Waals surface area contributed by atoms with Gasteiger partial charge in [0.15, 0.2) is 0 Å². The molecule has 0 aromatic heterocycles. The minimum atomic E-state index is -0.895. The van der Waals surface area contributed by atoms with Crippen molar-refractivity contribution in [2.75, 3.05) is 31.6 Å². The van der Waals surface area contributed by atoms with E-state index in [0.29, 0.717) is 11.6 Å². The molecule has 0 aliphatic carbocycles. The number of carbonyl (C=O) groups is 1. The predicted octanol–water partition coefficient (Wildman–Crippen LogP) is 2.29. The Hall–Kier alpha value is -1.07. The molecule has 2 rings (SSSR count). The number of likely N-dealkylation sites (N-methyl/N-ethyl adjacent to an activating group) is 1. The number of piperazine rings is 1. The molecule has 1 unspecified atom stereocenters. The van der Waals surface area contributed by atoms with Gasteiger partial charge in [-0.2, -0.15) is 0 Å². The largest absolute Gasteiger partial charge is 0.478 e. The van der Waals surface area contributed by atoms with Crippen LogP contribution in [0.2, 0.25) is 0 Å². The molecule has 0 bridgehead atoms. The summed E-state index contributed by atoms with van der Waals surface area (Å²) in [6.07, 6.45) is 0. The maximum absolute atomic E-state index is 10.9. The summed E-state index contributed by atoms with van der Waals surface area (Å²) in [6.45, 7) is 5.19. The summed E-state index contributed by atoms with van der Waals surface area (Å²) < 4.78 is 0.846. The highest BCUT2D eigenvalue weighted by atomic mass is 79.9. The lowest BCUT2D eigenvalue weighted by atomic mass is 10.1. The summed E-state index contributed by atoms with van der Waals surface area (Å²) in [6, 6.07) is 5.64. The molecule has 18 heavy (non-hydrogen) atoms. The van der Waals surface area contributed by atoms with Gasteiger partial charge in [-0.05, 0) is 48.1 Å². The zero-order chi connectivity index (χ0) is 13.3. The lowest BCUT2D eigenvalue weighted by Gasteiger charge is -2.40. The highest BCUT2D eigenvalue weighted by Gasteiger charge is 2.23. The smallest absolute Gasteiger partial charge is 0.335 e. The number of halogens is 1. The molecule has 98 valence electrons. The van der Waals surface area contributed by atoms with E-state index in [1.54, 1.807) is 12.1 Å². The molecular weight excluding hydrogens is 296 g/mol. The van der Waals surface area contributed by atoms with E-state index in [-0.39, 0.29) is 0 Å². The number of rotatable bonds is 2. The Morgan fingerprint density at radius 3 is 2.72 bits per heavy atom. The fourth-order valence-electron chi connectivity index (χ4n) is 2.37. The monoisotopic (exact) mass is 312 g/mol. The van der Waals surface area contributed by atoms with Gasteiger partial charge >= 0.3 is 5.97 Å². The summed E-state index contributed by atoms with van der Waals surface area (Å²) in [7, 11) is 2.12. The highest BCUT2D eigenvalue weighted by Crippen LogP contribution is 2.30. The van der Waals surface area contributed by atoms with Crippen molar-refractivity contribution < 1.29 is 9.90 Å². The number of hydrogen-bond donors (Lipinski definition) is 1. The molecule has 1 aromatic rings. The lowest BCUT2D eigenvalue weighted by molar-refractivity contribution is 0.0697. The van der Waals surface area contributed by atoms with Gasteiger partial charge in [0.2, 0.25) is 0 Å². The minimum absolute atomic E-state index is 0.312. The summed E-state index contributed by atoms with van der Waals surface area (Å²) in [5.41, 5.74) is 1.38. The highest BCUT2D eigenvalue weighted by molar-refractivity contribution is 9.10. The van der Waals surface area contributed by atoms with E-state index < -0.39 is 5.97 Å². The molecule has 0 saturated carbocycles. The first-order valence-corrected chi connectivity index (χ1v) is 6.76. The number of benzene rings is 1. The Kier molecular flexibility index (Phi) is 3.92. The molecule has 1 aliphatic rings. The van der Waals surface area contributed by atoms with Gasteiger partial charge in [0.05, 0.1) is 11.3 Å². The summed E-state index contributed by atoms with van der Waals surface area (Å²) in [5.74, 6) is -0.895. The maximum Gasteiger partial charge on any atom is 0.335 e. The van der Waals surface area contributed by atoms with Gasteiger partial charge in [-0.25, -0.2) is 4.79 Å². The molecule has 4 nitrogen and oxygen atoms in total. The molecule has 1 fully saturated rings. The molecular formula is C13H17BrN2O2. The van der Waals surface area contributed by atoms with Crippen LogP contribution in [0.3, 0.4) is 0 Å². The van der Waals surface area contributed by atoms with Gasteiger partial charge in [-0.1, -0.05) is 0 Å². The Bertz CT molecular complexity index is 464. The van der Waals surface area contributed by atoms with E-state index in [2.05, 4.69) is 39.7 Å². The molecule has 5 heteroatoms. The van der Waals surface area contributed by atoms with Crippen molar-refractivity contribution in [2.24, 2.45) is 0 Å². The second-order valence-corrected chi connectivity index (χ2v) is 5.63. The minimum Gasteiger partial charge on any atom is -0.478 e. The maximum atomic E-state index is 10.9. The van der Waals surface area contributed by atoms with E-state index in [1.165, 1.54) is 0 Å². The number of carboxylic acids is 1. The fraction of sp³-hybridized carbons (Fsp3) is 0.462. The predicted molar refractivity (Wildman–Crippen MR) is 75.4 cm³/mol. The van der Waals surface area contributed by atoms with Crippen LogP contribution in [0.1, 0.15) is 17.3 Å². The zero-order valence-corrected chi connectivity index (χ0v) is 12.1. The van der Waals surface area contributed by atoms with Crippen molar-refractivity contribution in [1.82, 2.24) is 4.90 Å². The Labute approximate surface area is 115 Å². The third kappa shape index (κ3) is 2.67. The molecule has 1 aliphatic heterocycles. The molecule has 0 spiro atoms. The van der Waals surface area contributed by atoms with E-state index in [0.717, 1.165) is 29.8 Å². The standard InChI is InChI=1S/C13H17BrN2O2/c1-9-8-15(2)5-6-16(9)12-4-3-10(13(17)18)7-11(12)14/h3-4,7,9H,5-6,8H2,1-2H3,(H,17,18). The number of nitrogens with zero attached hydrogens (tertiary/aromatic N) is 2. The van der Waals surface area contributed by atoms with Crippen LogP contribution in [-0.4, -0.2) is 48.7 Å². The first kappa shape index (κ1) is 13.4. The molecule has 0 amide bonds. The molecule has 1 atom stereocenters. The molecule has 1 heterocycles. The molecule has 1 N–H and O–H groups in total. The van der Waals surface area contributed by atoms with E-state index in [4.69, 9.17) is 5.11 Å². The van der Waals surface area contributed by atoms with Crippen LogP contribution in [0.15, 0.2) is 22.7 Å². The molecule has 1 saturated heterocycles. The van der Waals surface area contributed by atoms with Crippen molar-refractivity contribution in [3.05, 3.63) is 28.2 Å². The normalized spacial score (nSPS) is 21.1. The number of anilines is 1. The zero-order valence-electron chi connectivity index (χ0n) is 10.6. The average Bonchev–Trinajstić information content (AvgIpc) is 2.30. The van der Waals surface area contributed by atoms with Crippen LogP contribution < -0.4 is 4.90 Å².